The van der Waals surface area contributed by atoms with Crippen LogP contribution in [0.5, 0.6) is 0 Å². The lowest BCUT2D eigenvalue weighted by atomic mass is 9.99. The molecule has 1 saturated heterocycles. The number of hydrogen-bond donors (Lipinski definition) is 2. The first-order valence-electron chi connectivity index (χ1n) is 15.0. The van der Waals surface area contributed by atoms with Gasteiger partial charge in [-0.2, -0.15) is 0 Å². The largest absolute Gasteiger partial charge is 0.384 e. The van der Waals surface area contributed by atoms with E-state index in [2.05, 4.69) is 24.1 Å². The fourth-order valence-corrected chi connectivity index (χ4v) is 4.04. The molecule has 0 bridgehead atoms. The molecule has 0 aromatic heterocycles. The second-order valence-corrected chi connectivity index (χ2v) is 9.27. The standard InChI is InChI=1S/C29H47N3O7.C2H6/c1-5-8-9-10-11-16-37-18-20-39-21-19-38-17-12-15-30-24(7-3)27(23(6-2)22-33)29(36)32(4)25-13-14-26(34)31-28(25)35;1-2/h6-7,22,25,30H,3,5,8-21H2,1-2,4H3,(H,31,34,35);1-2H3/b23-6-,27-24-;. The van der Waals surface area contributed by atoms with Crippen molar-refractivity contribution in [2.24, 2.45) is 0 Å². The Bertz CT molecular complexity index is 855. The summed E-state index contributed by atoms with van der Waals surface area (Å²) in [6.45, 7) is 15.5. The third-order valence-corrected chi connectivity index (χ3v) is 6.33. The molecule has 10 nitrogen and oxygen atoms in total. The molecule has 1 aliphatic rings. The molecule has 41 heavy (non-hydrogen) atoms. The lowest BCUT2D eigenvalue weighted by Crippen LogP contribution is -2.53. The molecular weight excluding hydrogens is 526 g/mol. The Morgan fingerprint density at radius 2 is 1.59 bits per heavy atom. The van der Waals surface area contributed by atoms with E-state index in [1.54, 1.807) is 6.92 Å². The second-order valence-electron chi connectivity index (χ2n) is 9.27. The molecule has 1 rings (SSSR count). The molecule has 0 aliphatic carbocycles. The number of amides is 3. The number of unbranched alkanes of at least 4 members (excludes halogenated alkanes) is 4. The number of allylic oxidation sites excluding steroid dienone is 2. The zero-order valence-electron chi connectivity index (χ0n) is 25.9. The van der Waals surface area contributed by atoms with Crippen molar-refractivity contribution in [3.63, 3.8) is 0 Å². The SMILES string of the molecule is C=C/C(NCCCOCCOCCOCCCCCCC)=C(C(=O)N(C)C1CCC(=O)NC1=O)\C(C=O)=C/C.CC. The van der Waals surface area contributed by atoms with Crippen molar-refractivity contribution in [1.82, 2.24) is 15.5 Å². The highest BCUT2D eigenvalue weighted by Gasteiger charge is 2.34. The minimum absolute atomic E-state index is 0.118. The monoisotopic (exact) mass is 579 g/mol. The Morgan fingerprint density at radius 3 is 2.12 bits per heavy atom. The molecule has 3 amide bonds. The van der Waals surface area contributed by atoms with Gasteiger partial charge in [0.15, 0.2) is 6.29 Å². The average Bonchev–Trinajstić information content (AvgIpc) is 2.98. The number of rotatable bonds is 22. The Morgan fingerprint density at radius 1 is 1.00 bits per heavy atom. The van der Waals surface area contributed by atoms with Crippen molar-refractivity contribution in [2.75, 3.05) is 53.2 Å². The van der Waals surface area contributed by atoms with Crippen LogP contribution < -0.4 is 10.6 Å². The van der Waals surface area contributed by atoms with Gasteiger partial charge in [-0.3, -0.25) is 24.5 Å². The molecule has 1 aliphatic heterocycles. The minimum Gasteiger partial charge on any atom is -0.384 e. The number of hydrogen-bond acceptors (Lipinski definition) is 8. The van der Waals surface area contributed by atoms with E-state index in [1.807, 2.05) is 13.8 Å². The summed E-state index contributed by atoms with van der Waals surface area (Å²) in [4.78, 5) is 50.1. The van der Waals surface area contributed by atoms with Crippen molar-refractivity contribution in [3.8, 4) is 0 Å². The molecule has 1 fully saturated rings. The van der Waals surface area contributed by atoms with E-state index in [0.717, 1.165) is 13.0 Å². The van der Waals surface area contributed by atoms with Crippen LogP contribution in [0.15, 0.2) is 35.6 Å². The van der Waals surface area contributed by atoms with Crippen LogP contribution in [0.25, 0.3) is 0 Å². The van der Waals surface area contributed by atoms with Gasteiger partial charge in [0.25, 0.3) is 5.91 Å². The van der Waals surface area contributed by atoms with Crippen molar-refractivity contribution in [2.45, 2.75) is 85.1 Å². The number of ether oxygens (including phenoxy) is 3. The van der Waals surface area contributed by atoms with E-state index in [0.29, 0.717) is 58.0 Å². The van der Waals surface area contributed by atoms with E-state index in [4.69, 9.17) is 14.2 Å². The van der Waals surface area contributed by atoms with Gasteiger partial charge in [0, 0.05) is 44.5 Å². The topological polar surface area (TPSA) is 123 Å². The van der Waals surface area contributed by atoms with Crippen LogP contribution >= 0.6 is 0 Å². The molecule has 2 N–H and O–H groups in total. The number of aldehydes is 1. The van der Waals surface area contributed by atoms with Crippen molar-refractivity contribution in [1.29, 1.82) is 0 Å². The molecule has 234 valence electrons. The van der Waals surface area contributed by atoms with E-state index < -0.39 is 17.9 Å². The van der Waals surface area contributed by atoms with Crippen LogP contribution in [0, 0.1) is 0 Å². The highest BCUT2D eigenvalue weighted by Crippen LogP contribution is 2.20. The van der Waals surface area contributed by atoms with E-state index in [-0.39, 0.29) is 29.9 Å². The number of piperidine rings is 1. The van der Waals surface area contributed by atoms with Gasteiger partial charge in [0.2, 0.25) is 11.8 Å². The second kappa shape index (κ2) is 24.9. The van der Waals surface area contributed by atoms with Gasteiger partial charge in [-0.05, 0) is 32.3 Å². The number of carbonyl (C=O) groups is 4. The molecule has 10 heteroatoms. The van der Waals surface area contributed by atoms with Gasteiger partial charge >= 0.3 is 0 Å². The van der Waals surface area contributed by atoms with E-state index in [1.165, 1.54) is 49.8 Å². The predicted octanol–water partition coefficient (Wildman–Crippen LogP) is 3.86. The Hall–Kier alpha value is -2.82. The summed E-state index contributed by atoms with van der Waals surface area (Å²) in [5.74, 6) is -1.41. The molecule has 0 spiro atoms. The fourth-order valence-electron chi connectivity index (χ4n) is 4.04. The molecular formula is C31H53N3O7. The smallest absolute Gasteiger partial charge is 0.257 e. The van der Waals surface area contributed by atoms with Crippen LogP contribution in [0.2, 0.25) is 0 Å². The summed E-state index contributed by atoms with van der Waals surface area (Å²) in [7, 11) is 1.48. The fraction of sp³-hybridized carbons (Fsp3) is 0.677. The van der Waals surface area contributed by atoms with Crippen LogP contribution in [0.1, 0.15) is 79.1 Å². The molecule has 0 radical (unpaired) electrons. The molecule has 0 aromatic carbocycles. The average molecular weight is 580 g/mol. The third kappa shape index (κ3) is 15.7. The lowest BCUT2D eigenvalue weighted by Gasteiger charge is -2.31. The Kier molecular flexibility index (Phi) is 23.2. The maximum absolute atomic E-state index is 13.4. The molecule has 0 saturated carbocycles. The van der Waals surface area contributed by atoms with Gasteiger partial charge in [0.1, 0.15) is 6.04 Å². The summed E-state index contributed by atoms with van der Waals surface area (Å²) in [6.07, 6.45) is 10.7. The number of nitrogens with one attached hydrogen (secondary N) is 2. The quantitative estimate of drug-likeness (QED) is 0.0652. The maximum Gasteiger partial charge on any atom is 0.257 e. The molecule has 1 unspecified atom stereocenters. The lowest BCUT2D eigenvalue weighted by molar-refractivity contribution is -0.142. The Labute approximate surface area is 246 Å². The van der Waals surface area contributed by atoms with E-state index in [9.17, 15) is 19.2 Å². The number of likely N-dealkylation sites (N-methyl/N-ethyl adjacent to an activating group) is 1. The maximum atomic E-state index is 13.4. The van der Waals surface area contributed by atoms with Gasteiger partial charge in [-0.1, -0.05) is 59.1 Å². The highest BCUT2D eigenvalue weighted by molar-refractivity contribution is 6.08. The van der Waals surface area contributed by atoms with Gasteiger partial charge < -0.3 is 24.4 Å². The van der Waals surface area contributed by atoms with Crippen LogP contribution in [0.3, 0.4) is 0 Å². The summed E-state index contributed by atoms with van der Waals surface area (Å²) in [5, 5.41) is 5.41. The van der Waals surface area contributed by atoms with Crippen LogP contribution in [0.4, 0.5) is 0 Å². The summed E-state index contributed by atoms with van der Waals surface area (Å²) in [6, 6.07) is -0.807. The minimum atomic E-state index is -0.807. The number of nitrogens with zero attached hydrogens (tertiary/aromatic N) is 1. The molecule has 1 atom stereocenters. The number of carbonyl (C=O) groups excluding carboxylic acids is 4. The first-order valence-corrected chi connectivity index (χ1v) is 15.0. The van der Waals surface area contributed by atoms with Gasteiger partial charge in [0.05, 0.1) is 32.0 Å². The highest BCUT2D eigenvalue weighted by atomic mass is 16.5. The van der Waals surface area contributed by atoms with Crippen molar-refractivity contribution >= 4 is 24.0 Å². The van der Waals surface area contributed by atoms with E-state index >= 15 is 0 Å². The van der Waals surface area contributed by atoms with Crippen molar-refractivity contribution in [3.05, 3.63) is 35.6 Å². The zero-order chi connectivity index (χ0) is 30.9. The summed E-state index contributed by atoms with van der Waals surface area (Å²) in [5.41, 5.74) is 0.677. The summed E-state index contributed by atoms with van der Waals surface area (Å²) < 4.78 is 16.7. The van der Waals surface area contributed by atoms with Crippen molar-refractivity contribution < 1.29 is 33.4 Å². The normalized spacial score (nSPS) is 15.7. The van der Waals surface area contributed by atoms with Crippen LogP contribution in [-0.4, -0.2) is 88.2 Å². The summed E-state index contributed by atoms with van der Waals surface area (Å²) >= 11 is 0. The Balaban J connectivity index is 0.00000781. The first-order chi connectivity index (χ1) is 19.9. The molecule has 1 heterocycles. The van der Waals surface area contributed by atoms with Gasteiger partial charge in [-0.15, -0.1) is 0 Å². The van der Waals surface area contributed by atoms with Gasteiger partial charge in [-0.25, -0.2) is 0 Å². The third-order valence-electron chi connectivity index (χ3n) is 6.33. The molecule has 0 aromatic rings. The number of imide groups is 1. The zero-order valence-corrected chi connectivity index (χ0v) is 25.9. The first kappa shape index (κ1) is 38.2. The predicted molar refractivity (Wildman–Crippen MR) is 161 cm³/mol. The van der Waals surface area contributed by atoms with Crippen LogP contribution in [-0.2, 0) is 33.4 Å².